The Morgan fingerprint density at radius 2 is 1.20 bits per heavy atom. The number of rotatable bonds is 4. The van der Waals surface area contributed by atoms with Gasteiger partial charge >= 0.3 is 0 Å². The van der Waals surface area contributed by atoms with Gasteiger partial charge in [-0.1, -0.05) is 72.8 Å². The molecule has 4 nitrogen and oxygen atoms in total. The molecule has 8 rings (SSSR count). The maximum Gasteiger partial charge on any atom is 0.0782 e. The van der Waals surface area contributed by atoms with Crippen LogP contribution in [0.15, 0.2) is 105 Å². The third-order valence-electron chi connectivity index (χ3n) is 7.85. The summed E-state index contributed by atoms with van der Waals surface area (Å²) in [7, 11) is 0. The van der Waals surface area contributed by atoms with E-state index >= 15 is 0 Å². The number of fused-ring (bicyclic) bond motifs is 8. The number of H-pyrrole nitrogens is 2. The van der Waals surface area contributed by atoms with Gasteiger partial charge in [0.25, 0.3) is 0 Å². The van der Waals surface area contributed by atoms with E-state index in [1.807, 2.05) is 12.1 Å². The summed E-state index contributed by atoms with van der Waals surface area (Å²) in [4.78, 5) is 17.7. The van der Waals surface area contributed by atoms with Crippen LogP contribution in [0.25, 0.3) is 80.8 Å². The van der Waals surface area contributed by atoms with Crippen molar-refractivity contribution in [3.63, 3.8) is 0 Å². The molecule has 2 aromatic carbocycles. The summed E-state index contributed by atoms with van der Waals surface area (Å²) >= 11 is 9.00. The molecule has 0 saturated carbocycles. The second-order valence-corrected chi connectivity index (χ2v) is 14.5. The van der Waals surface area contributed by atoms with Crippen LogP contribution in [0.4, 0.5) is 0 Å². The summed E-state index contributed by atoms with van der Waals surface area (Å²) in [6.45, 7) is 0. The fourth-order valence-electron chi connectivity index (χ4n) is 5.79. The minimum atomic E-state index is 0.883. The summed E-state index contributed by atoms with van der Waals surface area (Å²) < 4.78 is 2.14. The Kier molecular flexibility index (Phi) is 7.30. The Bertz CT molecular complexity index is 2300. The van der Waals surface area contributed by atoms with Crippen LogP contribution in [0.5, 0.6) is 0 Å². The topological polar surface area (TPSA) is 57.4 Å². The molecule has 6 heterocycles. The summed E-state index contributed by atoms with van der Waals surface area (Å²) in [5.74, 6) is 0. The van der Waals surface area contributed by atoms with Gasteiger partial charge in [0.2, 0.25) is 0 Å². The molecule has 0 atom stereocenters. The Morgan fingerprint density at radius 3 is 1.91 bits per heavy atom. The quantitative estimate of drug-likeness (QED) is 0.190. The third-order valence-corrected chi connectivity index (χ3v) is 10.2. The molecule has 8 bridgehead atoms. The van der Waals surface area contributed by atoms with Gasteiger partial charge in [-0.25, -0.2) is 9.97 Å². The first kappa shape index (κ1) is 28.0. The zero-order valence-corrected chi connectivity index (χ0v) is 27.7. The largest absolute Gasteiger partial charge is 0.355 e. The first-order valence-corrected chi connectivity index (χ1v) is 16.9. The molecule has 0 amide bonds. The lowest BCUT2D eigenvalue weighted by Crippen LogP contribution is -1.87. The number of nitrogens with zero attached hydrogens (tertiary/aromatic N) is 2. The van der Waals surface area contributed by atoms with E-state index in [-0.39, 0.29) is 0 Å². The molecule has 0 radical (unpaired) electrons. The molecular formula is C38H24Br2N4S. The van der Waals surface area contributed by atoms with Crippen molar-refractivity contribution in [1.82, 2.24) is 19.9 Å². The number of aromatic amines is 2. The summed E-state index contributed by atoms with van der Waals surface area (Å²) in [5, 5.41) is 0. The second-order valence-electron chi connectivity index (χ2n) is 10.7. The average Bonchev–Trinajstić information content (AvgIpc) is 3.90. The van der Waals surface area contributed by atoms with Gasteiger partial charge in [-0.05, 0) is 104 Å². The number of thiophene rings is 1. The lowest BCUT2D eigenvalue weighted by Gasteiger charge is -2.04. The van der Waals surface area contributed by atoms with Crippen molar-refractivity contribution in [2.24, 2.45) is 0 Å². The summed E-state index contributed by atoms with van der Waals surface area (Å²) in [6, 6.07) is 33.6. The highest BCUT2D eigenvalue weighted by Crippen LogP contribution is 2.36. The normalized spacial score (nSPS) is 12.4. The molecule has 0 unspecified atom stereocenters. The Morgan fingerprint density at radius 1 is 0.578 bits per heavy atom. The zero-order valence-electron chi connectivity index (χ0n) is 23.8. The lowest BCUT2D eigenvalue weighted by molar-refractivity contribution is 1.30. The van der Waals surface area contributed by atoms with Gasteiger partial charge in [-0.15, -0.1) is 11.3 Å². The van der Waals surface area contributed by atoms with Crippen molar-refractivity contribution in [1.29, 1.82) is 0 Å². The fraction of sp³-hybridized carbons (Fsp3) is 0. The predicted molar refractivity (Wildman–Crippen MR) is 198 cm³/mol. The van der Waals surface area contributed by atoms with E-state index in [4.69, 9.17) is 9.97 Å². The SMILES string of the molecule is Brc1cc(/C=C/c2c3nc(c(-c4ccccc4)c4ccc(cc5nc(c(-c6ccccc6)c6ccc2[nH]6)C=C5)[nH]4)C=C3)c(Br)s1. The van der Waals surface area contributed by atoms with Crippen molar-refractivity contribution in [2.75, 3.05) is 0 Å². The van der Waals surface area contributed by atoms with Gasteiger partial charge in [-0.3, -0.25) is 0 Å². The van der Waals surface area contributed by atoms with Crippen LogP contribution in [0.1, 0.15) is 33.9 Å². The molecule has 2 aliphatic heterocycles. The minimum Gasteiger partial charge on any atom is -0.355 e. The van der Waals surface area contributed by atoms with Gasteiger partial charge in [0.15, 0.2) is 0 Å². The first-order valence-electron chi connectivity index (χ1n) is 14.5. The molecular weight excluding hydrogens is 704 g/mol. The Hall–Kier alpha value is -4.56. The van der Waals surface area contributed by atoms with Crippen molar-refractivity contribution >= 4 is 102 Å². The molecule has 0 aliphatic carbocycles. The molecule has 45 heavy (non-hydrogen) atoms. The molecule has 0 saturated heterocycles. The van der Waals surface area contributed by atoms with Crippen LogP contribution in [-0.4, -0.2) is 19.9 Å². The third kappa shape index (κ3) is 5.48. The van der Waals surface area contributed by atoms with Gasteiger partial charge in [0.05, 0.1) is 30.3 Å². The average molecular weight is 729 g/mol. The van der Waals surface area contributed by atoms with Crippen LogP contribution < -0.4 is 0 Å². The molecule has 2 N–H and O–H groups in total. The van der Waals surface area contributed by atoms with Crippen LogP contribution in [0.3, 0.4) is 0 Å². The number of hydrogen-bond acceptors (Lipinski definition) is 3. The van der Waals surface area contributed by atoms with Crippen LogP contribution >= 0.6 is 43.2 Å². The van der Waals surface area contributed by atoms with E-state index < -0.39 is 0 Å². The number of benzene rings is 2. The minimum absolute atomic E-state index is 0.883. The fourth-order valence-corrected chi connectivity index (χ4v) is 8.55. The van der Waals surface area contributed by atoms with Gasteiger partial charge < -0.3 is 9.97 Å². The van der Waals surface area contributed by atoms with Crippen LogP contribution in [-0.2, 0) is 0 Å². The van der Waals surface area contributed by atoms with E-state index in [9.17, 15) is 0 Å². The predicted octanol–water partition coefficient (Wildman–Crippen LogP) is 11.7. The lowest BCUT2D eigenvalue weighted by atomic mass is 10.0. The van der Waals surface area contributed by atoms with Crippen molar-refractivity contribution in [2.45, 2.75) is 0 Å². The van der Waals surface area contributed by atoms with Gasteiger partial charge in [-0.2, -0.15) is 0 Å². The molecule has 6 aromatic rings. The highest BCUT2D eigenvalue weighted by molar-refractivity contribution is 9.12. The highest BCUT2D eigenvalue weighted by atomic mass is 79.9. The van der Waals surface area contributed by atoms with Crippen LogP contribution in [0.2, 0.25) is 0 Å². The number of nitrogens with one attached hydrogen (secondary N) is 2. The van der Waals surface area contributed by atoms with Crippen molar-refractivity contribution < 1.29 is 0 Å². The number of halogens is 2. The molecule has 216 valence electrons. The number of hydrogen-bond donors (Lipinski definition) is 2. The zero-order chi connectivity index (χ0) is 30.3. The molecule has 2 aliphatic rings. The number of aromatic nitrogens is 4. The maximum absolute atomic E-state index is 5.26. The van der Waals surface area contributed by atoms with E-state index in [1.165, 1.54) is 0 Å². The summed E-state index contributed by atoms with van der Waals surface area (Å²) in [6.07, 6.45) is 12.7. The first-order chi connectivity index (χ1) is 22.1. The smallest absolute Gasteiger partial charge is 0.0782 e. The Labute approximate surface area is 280 Å². The highest BCUT2D eigenvalue weighted by Gasteiger charge is 2.15. The van der Waals surface area contributed by atoms with E-state index in [1.54, 1.807) is 11.3 Å². The van der Waals surface area contributed by atoms with Gasteiger partial charge in [0, 0.05) is 44.3 Å². The van der Waals surface area contributed by atoms with Crippen molar-refractivity contribution in [3.8, 4) is 22.3 Å². The molecule has 0 spiro atoms. The summed E-state index contributed by atoms with van der Waals surface area (Å²) in [5.41, 5.74) is 13.9. The molecule has 0 fully saturated rings. The van der Waals surface area contributed by atoms with E-state index in [2.05, 4.69) is 163 Å². The van der Waals surface area contributed by atoms with Crippen molar-refractivity contribution in [3.05, 3.63) is 139 Å². The van der Waals surface area contributed by atoms with E-state index in [0.29, 0.717) is 0 Å². The van der Waals surface area contributed by atoms with Crippen LogP contribution in [0, 0.1) is 0 Å². The molecule has 4 aromatic heterocycles. The second kappa shape index (κ2) is 11.7. The Balaban J connectivity index is 1.49. The van der Waals surface area contributed by atoms with Gasteiger partial charge in [0.1, 0.15) is 0 Å². The maximum atomic E-state index is 5.26. The standard InChI is InChI=1S/C38H24Br2N4S/c39-35-21-25(38(40)45-35)11-14-28-29-17-19-33(43-29)36(23-7-3-1-4-8-23)31-15-12-26(41-31)22-27-13-16-32(42-27)37(24-9-5-2-6-10-24)34-20-18-30(28)44-34/h1-22,41,44H/b14-11+,26-22?,27-22?,29-28?,30-28?,36-31?,36-33?,37-32?,37-34?. The van der Waals surface area contributed by atoms with E-state index in [0.717, 1.165) is 85.8 Å². The monoisotopic (exact) mass is 726 g/mol. The molecule has 7 heteroatoms.